The number of unbranched alkanes of at least 4 members (excludes halogenated alkanes) is 1. The van der Waals surface area contributed by atoms with E-state index in [9.17, 15) is 9.59 Å². The second-order valence-electron chi connectivity index (χ2n) is 8.64. The number of carbonyl (C=O) groups is 2. The van der Waals surface area contributed by atoms with Gasteiger partial charge in [-0.05, 0) is 36.7 Å². The number of likely N-dealkylation sites (N-methyl/N-ethyl adjacent to an activating group) is 1. The van der Waals surface area contributed by atoms with E-state index in [1.165, 1.54) is 0 Å². The molecule has 174 valence electrons. The van der Waals surface area contributed by atoms with Crippen LogP contribution >= 0.6 is 0 Å². The van der Waals surface area contributed by atoms with Gasteiger partial charge in [0.05, 0.1) is 12.0 Å². The fraction of sp³-hybridized carbons (Fsp3) is 0.407. The van der Waals surface area contributed by atoms with Gasteiger partial charge in [-0.25, -0.2) is 0 Å². The third-order valence-corrected chi connectivity index (χ3v) is 6.39. The summed E-state index contributed by atoms with van der Waals surface area (Å²) in [5, 5.41) is 3.85. The van der Waals surface area contributed by atoms with E-state index in [2.05, 4.69) is 24.1 Å². The monoisotopic (exact) mass is 447 g/mol. The zero-order chi connectivity index (χ0) is 23.2. The average Bonchev–Trinajstić information content (AvgIpc) is 3.22. The molecule has 0 aliphatic carbocycles. The molecule has 0 unspecified atom stereocenters. The quantitative estimate of drug-likeness (QED) is 0.542. The maximum atomic E-state index is 13.2. The molecule has 6 nitrogen and oxygen atoms in total. The van der Waals surface area contributed by atoms with Crippen molar-refractivity contribution in [1.29, 1.82) is 0 Å². The van der Waals surface area contributed by atoms with Gasteiger partial charge in [-0.3, -0.25) is 9.59 Å². The number of nitrogens with one attached hydrogen (secondary N) is 1. The summed E-state index contributed by atoms with van der Waals surface area (Å²) in [6.07, 6.45) is 3.12. The van der Waals surface area contributed by atoms with Crippen molar-refractivity contribution in [3.63, 3.8) is 0 Å². The van der Waals surface area contributed by atoms with Crippen LogP contribution in [0.4, 0.5) is 5.69 Å². The number of carbonyl (C=O) groups excluding carboxylic acids is 2. The number of fused-ring (bicyclic) bond motifs is 1. The zero-order valence-corrected chi connectivity index (χ0v) is 19.6. The first-order chi connectivity index (χ1) is 16.1. The van der Waals surface area contributed by atoms with Crippen LogP contribution in [-0.4, -0.2) is 54.3 Å². The van der Waals surface area contributed by atoms with Gasteiger partial charge in [-0.1, -0.05) is 50.6 Å². The summed E-state index contributed by atoms with van der Waals surface area (Å²) < 4.78 is 5.99. The molecule has 4 rings (SSSR count). The summed E-state index contributed by atoms with van der Waals surface area (Å²) in [6.45, 7) is 8.77. The fourth-order valence-corrected chi connectivity index (χ4v) is 4.36. The molecule has 0 radical (unpaired) electrons. The number of nitrogens with zero attached hydrogens (tertiary/aromatic N) is 2. The Bertz CT molecular complexity index is 1100. The van der Waals surface area contributed by atoms with Crippen LogP contribution < -0.4 is 5.32 Å². The van der Waals surface area contributed by atoms with E-state index in [1.54, 1.807) is 0 Å². The molecule has 1 aliphatic rings. The van der Waals surface area contributed by atoms with Crippen LogP contribution in [0.15, 0.2) is 52.9 Å². The van der Waals surface area contributed by atoms with E-state index in [4.69, 9.17) is 4.42 Å². The average molecular weight is 448 g/mol. The fourth-order valence-electron chi connectivity index (χ4n) is 4.36. The first-order valence-corrected chi connectivity index (χ1v) is 12.0. The third kappa shape index (κ3) is 5.45. The predicted octanol–water partition coefficient (Wildman–Crippen LogP) is 4.73. The maximum absolute atomic E-state index is 13.2. The Hall–Kier alpha value is -3.12. The Balaban J connectivity index is 1.41. The molecule has 1 fully saturated rings. The summed E-state index contributed by atoms with van der Waals surface area (Å²) >= 11 is 0. The van der Waals surface area contributed by atoms with Crippen LogP contribution in [0.2, 0.25) is 0 Å². The zero-order valence-electron chi connectivity index (χ0n) is 19.6. The molecule has 6 heteroatoms. The van der Waals surface area contributed by atoms with Crippen LogP contribution in [0.1, 0.15) is 48.4 Å². The molecule has 0 spiro atoms. The van der Waals surface area contributed by atoms with Crippen LogP contribution in [-0.2, 0) is 17.6 Å². The lowest BCUT2D eigenvalue weighted by Gasteiger charge is -2.34. The molecule has 1 saturated heterocycles. The van der Waals surface area contributed by atoms with Crippen molar-refractivity contribution >= 4 is 28.5 Å². The Morgan fingerprint density at radius 2 is 1.70 bits per heavy atom. The van der Waals surface area contributed by atoms with Crippen LogP contribution in [0.3, 0.4) is 0 Å². The van der Waals surface area contributed by atoms with Gasteiger partial charge in [0, 0.05) is 43.7 Å². The number of hydrogen-bond acceptors (Lipinski definition) is 4. The molecule has 1 aliphatic heterocycles. The molecule has 2 heterocycles. The summed E-state index contributed by atoms with van der Waals surface area (Å²) in [5.41, 5.74) is 3.01. The standard InChI is InChI=1S/C27H33N3O3/c1-3-5-9-24-26(22-8-6-7-10-23(22)33-24)27(32)28-21-13-11-20(12-14-21)19-25(31)30-17-15-29(4-2)16-18-30/h6-8,10-14H,3-5,9,15-19H2,1-2H3,(H,28,32). The summed E-state index contributed by atoms with van der Waals surface area (Å²) in [5.74, 6) is 0.734. The lowest BCUT2D eigenvalue weighted by Crippen LogP contribution is -2.48. The van der Waals surface area contributed by atoms with Crippen LogP contribution in [0, 0.1) is 0 Å². The highest BCUT2D eigenvalue weighted by molar-refractivity contribution is 6.13. The topological polar surface area (TPSA) is 65.8 Å². The minimum absolute atomic E-state index is 0.160. The molecule has 1 aromatic heterocycles. The Labute approximate surface area is 195 Å². The van der Waals surface area contributed by atoms with Gasteiger partial charge in [0.2, 0.25) is 5.91 Å². The summed E-state index contributed by atoms with van der Waals surface area (Å²) in [6, 6.07) is 15.2. The van der Waals surface area contributed by atoms with Crippen molar-refractivity contribution in [2.24, 2.45) is 0 Å². The molecule has 2 amide bonds. The van der Waals surface area contributed by atoms with Crippen LogP contribution in [0.5, 0.6) is 0 Å². The number of benzene rings is 2. The highest BCUT2D eigenvalue weighted by Crippen LogP contribution is 2.28. The van der Waals surface area contributed by atoms with E-state index < -0.39 is 0 Å². The highest BCUT2D eigenvalue weighted by atomic mass is 16.3. The van der Waals surface area contributed by atoms with Crippen molar-refractivity contribution in [3.8, 4) is 0 Å². The van der Waals surface area contributed by atoms with Gasteiger partial charge in [0.15, 0.2) is 0 Å². The number of piperazine rings is 1. The largest absolute Gasteiger partial charge is 0.460 e. The SMILES string of the molecule is CCCCc1oc2ccccc2c1C(=O)Nc1ccc(CC(=O)N2CCN(CC)CC2)cc1. The molecular weight excluding hydrogens is 414 g/mol. The molecule has 0 saturated carbocycles. The lowest BCUT2D eigenvalue weighted by atomic mass is 10.1. The highest BCUT2D eigenvalue weighted by Gasteiger charge is 2.22. The number of anilines is 1. The number of aryl methyl sites for hydroxylation is 1. The smallest absolute Gasteiger partial charge is 0.259 e. The molecule has 0 atom stereocenters. The van der Waals surface area contributed by atoms with Crippen LogP contribution in [0.25, 0.3) is 11.0 Å². The van der Waals surface area contributed by atoms with Crippen molar-refractivity contribution < 1.29 is 14.0 Å². The number of amides is 2. The second kappa shape index (κ2) is 10.7. The molecule has 0 bridgehead atoms. The number of furan rings is 1. The van der Waals surface area contributed by atoms with Gasteiger partial charge < -0.3 is 19.5 Å². The van der Waals surface area contributed by atoms with Crippen molar-refractivity contribution in [3.05, 3.63) is 65.4 Å². The first kappa shape index (κ1) is 23.1. The van der Waals surface area contributed by atoms with E-state index in [1.807, 2.05) is 53.4 Å². The molecule has 2 aromatic carbocycles. The van der Waals surface area contributed by atoms with E-state index in [0.29, 0.717) is 17.7 Å². The van der Waals surface area contributed by atoms with Gasteiger partial charge in [0.1, 0.15) is 11.3 Å². The van der Waals surface area contributed by atoms with Crippen molar-refractivity contribution in [2.45, 2.75) is 39.5 Å². The van der Waals surface area contributed by atoms with Crippen molar-refractivity contribution in [2.75, 3.05) is 38.0 Å². The maximum Gasteiger partial charge on any atom is 0.259 e. The van der Waals surface area contributed by atoms with Crippen molar-refractivity contribution in [1.82, 2.24) is 9.80 Å². The van der Waals surface area contributed by atoms with E-state index in [-0.39, 0.29) is 11.8 Å². The summed E-state index contributed by atoms with van der Waals surface area (Å²) in [7, 11) is 0. The van der Waals surface area contributed by atoms with E-state index in [0.717, 1.165) is 74.3 Å². The normalized spacial score (nSPS) is 14.5. The number of para-hydroxylation sites is 1. The minimum atomic E-state index is -0.163. The lowest BCUT2D eigenvalue weighted by molar-refractivity contribution is -0.132. The predicted molar refractivity (Wildman–Crippen MR) is 132 cm³/mol. The second-order valence-corrected chi connectivity index (χ2v) is 8.64. The van der Waals surface area contributed by atoms with Gasteiger partial charge >= 0.3 is 0 Å². The van der Waals surface area contributed by atoms with Gasteiger partial charge in [-0.15, -0.1) is 0 Å². The summed E-state index contributed by atoms with van der Waals surface area (Å²) in [4.78, 5) is 30.1. The molecule has 1 N–H and O–H groups in total. The molecule has 3 aromatic rings. The number of rotatable bonds is 8. The third-order valence-electron chi connectivity index (χ3n) is 6.39. The Morgan fingerprint density at radius 3 is 2.39 bits per heavy atom. The number of hydrogen-bond donors (Lipinski definition) is 1. The molecular formula is C27H33N3O3. The Kier molecular flexibility index (Phi) is 7.45. The van der Waals surface area contributed by atoms with Gasteiger partial charge in [0.25, 0.3) is 5.91 Å². The van der Waals surface area contributed by atoms with E-state index >= 15 is 0 Å². The molecule has 33 heavy (non-hydrogen) atoms. The first-order valence-electron chi connectivity index (χ1n) is 12.0. The van der Waals surface area contributed by atoms with Gasteiger partial charge in [-0.2, -0.15) is 0 Å². The minimum Gasteiger partial charge on any atom is -0.460 e. The Morgan fingerprint density at radius 1 is 0.970 bits per heavy atom.